The Morgan fingerprint density at radius 3 is 2.75 bits per heavy atom. The molecule has 0 radical (unpaired) electrons. The van der Waals surface area contributed by atoms with Crippen molar-refractivity contribution in [1.29, 1.82) is 0 Å². The molecule has 1 aromatic heterocycles. The summed E-state index contributed by atoms with van der Waals surface area (Å²) in [4.78, 5) is 17.3. The summed E-state index contributed by atoms with van der Waals surface area (Å²) < 4.78 is 5.51. The molecule has 4 rings (SSSR count). The van der Waals surface area contributed by atoms with E-state index in [9.17, 15) is 4.79 Å². The Morgan fingerprint density at radius 2 is 2.00 bits per heavy atom. The van der Waals surface area contributed by atoms with Crippen LogP contribution in [-0.2, 0) is 9.53 Å². The Hall–Kier alpha value is -1.60. The highest BCUT2D eigenvalue weighted by Gasteiger charge is 2.40. The number of rotatable bonds is 6. The third kappa shape index (κ3) is 4.69. The van der Waals surface area contributed by atoms with Crippen LogP contribution in [0.1, 0.15) is 11.3 Å². The van der Waals surface area contributed by atoms with Gasteiger partial charge in [0.15, 0.2) is 0 Å². The number of morpholine rings is 1. The third-order valence-electron chi connectivity index (χ3n) is 5.44. The highest BCUT2D eigenvalue weighted by molar-refractivity contribution is 7.99. The van der Waals surface area contributed by atoms with Gasteiger partial charge in [-0.3, -0.25) is 9.69 Å². The molecule has 148 valence electrons. The second kappa shape index (κ2) is 9.27. The number of nitrogens with zero attached hydrogens (tertiary/aromatic N) is 1. The summed E-state index contributed by atoms with van der Waals surface area (Å²) in [6.45, 7) is 4.22. The Balaban J connectivity index is 1.34. The van der Waals surface area contributed by atoms with Gasteiger partial charge in [0.2, 0.25) is 5.91 Å². The molecule has 3 heterocycles. The summed E-state index contributed by atoms with van der Waals surface area (Å²) in [5.41, 5.74) is 1.30. The van der Waals surface area contributed by atoms with Crippen molar-refractivity contribution >= 4 is 35.1 Å². The topological polar surface area (TPSA) is 41.6 Å². The molecule has 0 aliphatic carbocycles. The average molecular weight is 415 g/mol. The van der Waals surface area contributed by atoms with Gasteiger partial charge in [0.05, 0.1) is 13.2 Å². The molecular weight excluding hydrogens is 388 g/mol. The molecule has 2 aliphatic heterocycles. The molecule has 1 N–H and O–H groups in total. The number of nitrogens with one attached hydrogen (secondary N) is 1. The number of amides is 1. The van der Waals surface area contributed by atoms with Gasteiger partial charge in [0.1, 0.15) is 0 Å². The van der Waals surface area contributed by atoms with Crippen LogP contribution in [0.3, 0.4) is 0 Å². The van der Waals surface area contributed by atoms with Crippen molar-refractivity contribution in [2.75, 3.05) is 44.4 Å². The first kappa shape index (κ1) is 19.7. The molecule has 2 aliphatic rings. The normalized spacial score (nSPS) is 23.3. The van der Waals surface area contributed by atoms with Crippen LogP contribution in [0, 0.1) is 0 Å². The Kier molecular flexibility index (Phi) is 6.52. The standard InChI is InChI=1S/C22H26N2O2S2/c25-21(9-7-19-6-8-20(28-19)18-4-2-1-3-5-18)23-16-22(10-15-27-17-22)24-11-13-26-14-12-24/h1-9H,10-17H2,(H,23,25). The summed E-state index contributed by atoms with van der Waals surface area (Å²) in [6, 6.07) is 14.5. The van der Waals surface area contributed by atoms with E-state index in [1.165, 1.54) is 16.2 Å². The van der Waals surface area contributed by atoms with Gasteiger partial charge >= 0.3 is 0 Å². The predicted octanol–water partition coefficient (Wildman–Crippen LogP) is 3.75. The lowest BCUT2D eigenvalue weighted by atomic mass is 9.95. The van der Waals surface area contributed by atoms with E-state index in [-0.39, 0.29) is 11.4 Å². The smallest absolute Gasteiger partial charge is 0.244 e. The zero-order valence-corrected chi connectivity index (χ0v) is 17.6. The van der Waals surface area contributed by atoms with E-state index in [0.29, 0.717) is 6.54 Å². The molecule has 1 atom stereocenters. The summed E-state index contributed by atoms with van der Waals surface area (Å²) in [6.07, 6.45) is 4.71. The van der Waals surface area contributed by atoms with Crippen LogP contribution >= 0.6 is 23.1 Å². The molecule has 1 aromatic carbocycles. The second-order valence-corrected chi connectivity index (χ2v) is 9.47. The first-order chi connectivity index (χ1) is 13.8. The maximum Gasteiger partial charge on any atom is 0.244 e. The molecule has 28 heavy (non-hydrogen) atoms. The van der Waals surface area contributed by atoms with Gasteiger partial charge in [-0.05, 0) is 35.9 Å². The predicted molar refractivity (Wildman–Crippen MR) is 119 cm³/mol. The minimum absolute atomic E-state index is 0.0146. The van der Waals surface area contributed by atoms with E-state index in [0.717, 1.165) is 43.4 Å². The summed E-state index contributed by atoms with van der Waals surface area (Å²) in [7, 11) is 0. The van der Waals surface area contributed by atoms with Gasteiger partial charge in [0.25, 0.3) is 0 Å². The lowest BCUT2D eigenvalue weighted by Crippen LogP contribution is -2.59. The van der Waals surface area contributed by atoms with E-state index in [4.69, 9.17) is 4.74 Å². The quantitative estimate of drug-likeness (QED) is 0.731. The van der Waals surface area contributed by atoms with Crippen molar-refractivity contribution in [1.82, 2.24) is 10.2 Å². The van der Waals surface area contributed by atoms with Gasteiger partial charge in [-0.2, -0.15) is 11.8 Å². The average Bonchev–Trinajstić information content (AvgIpc) is 3.43. The summed E-state index contributed by atoms with van der Waals surface area (Å²) >= 11 is 3.69. The highest BCUT2D eigenvalue weighted by Crippen LogP contribution is 2.33. The van der Waals surface area contributed by atoms with Crippen LogP contribution in [0.5, 0.6) is 0 Å². The van der Waals surface area contributed by atoms with Crippen LogP contribution in [0.4, 0.5) is 0 Å². The molecule has 2 aromatic rings. The summed E-state index contributed by atoms with van der Waals surface area (Å²) in [5, 5.41) is 3.15. The zero-order chi connectivity index (χ0) is 19.2. The Labute approximate surface area is 175 Å². The molecule has 1 amide bonds. The van der Waals surface area contributed by atoms with E-state index >= 15 is 0 Å². The number of carbonyl (C=O) groups excluding carboxylic acids is 1. The molecule has 0 spiro atoms. The van der Waals surface area contributed by atoms with E-state index < -0.39 is 0 Å². The maximum absolute atomic E-state index is 12.4. The second-order valence-electron chi connectivity index (χ2n) is 7.25. The van der Waals surface area contributed by atoms with Crippen molar-refractivity contribution in [3.8, 4) is 10.4 Å². The van der Waals surface area contributed by atoms with Gasteiger partial charge < -0.3 is 10.1 Å². The number of hydrogen-bond acceptors (Lipinski definition) is 5. The van der Waals surface area contributed by atoms with Crippen molar-refractivity contribution in [2.45, 2.75) is 12.0 Å². The number of ether oxygens (including phenoxy) is 1. The molecule has 0 saturated carbocycles. The molecule has 4 nitrogen and oxygen atoms in total. The Morgan fingerprint density at radius 1 is 1.18 bits per heavy atom. The monoisotopic (exact) mass is 414 g/mol. The lowest BCUT2D eigenvalue weighted by Gasteiger charge is -2.42. The fourth-order valence-electron chi connectivity index (χ4n) is 3.80. The largest absolute Gasteiger partial charge is 0.379 e. The minimum Gasteiger partial charge on any atom is -0.379 e. The van der Waals surface area contributed by atoms with Crippen LogP contribution in [0.25, 0.3) is 16.5 Å². The molecule has 2 fully saturated rings. The fraction of sp³-hybridized carbons (Fsp3) is 0.409. The third-order valence-corrected chi connectivity index (χ3v) is 7.77. The Bertz CT molecular complexity index is 807. The number of thioether (sulfide) groups is 1. The number of thiophene rings is 1. The van der Waals surface area contributed by atoms with Crippen LogP contribution in [0.15, 0.2) is 48.5 Å². The van der Waals surface area contributed by atoms with Gasteiger partial charge in [-0.25, -0.2) is 0 Å². The van der Waals surface area contributed by atoms with Crippen molar-refractivity contribution < 1.29 is 9.53 Å². The molecule has 6 heteroatoms. The number of hydrogen-bond donors (Lipinski definition) is 1. The fourth-order valence-corrected chi connectivity index (χ4v) is 6.20. The van der Waals surface area contributed by atoms with Crippen LogP contribution in [0.2, 0.25) is 0 Å². The van der Waals surface area contributed by atoms with Gasteiger partial charge in [-0.1, -0.05) is 30.3 Å². The van der Waals surface area contributed by atoms with Gasteiger partial charge in [-0.15, -0.1) is 11.3 Å². The molecule has 0 bridgehead atoms. The zero-order valence-electron chi connectivity index (χ0n) is 15.9. The molecular formula is C22H26N2O2S2. The SMILES string of the molecule is O=C(C=Cc1ccc(-c2ccccc2)s1)NCC1(N2CCOCC2)CCSC1. The van der Waals surface area contributed by atoms with Crippen molar-refractivity contribution in [3.63, 3.8) is 0 Å². The molecule has 1 unspecified atom stereocenters. The number of benzene rings is 1. The number of carbonyl (C=O) groups is 1. The van der Waals surface area contributed by atoms with Gasteiger partial charge in [0, 0.05) is 46.8 Å². The first-order valence-electron chi connectivity index (χ1n) is 9.77. The van der Waals surface area contributed by atoms with Crippen LogP contribution < -0.4 is 5.32 Å². The van der Waals surface area contributed by atoms with Crippen LogP contribution in [-0.4, -0.2) is 60.7 Å². The molecule has 2 saturated heterocycles. The van der Waals surface area contributed by atoms with E-state index in [1.54, 1.807) is 17.4 Å². The lowest BCUT2D eigenvalue weighted by molar-refractivity contribution is -0.117. The van der Waals surface area contributed by atoms with E-state index in [2.05, 4.69) is 34.5 Å². The van der Waals surface area contributed by atoms with Crippen molar-refractivity contribution in [2.24, 2.45) is 0 Å². The highest BCUT2D eigenvalue weighted by atomic mass is 32.2. The van der Waals surface area contributed by atoms with E-state index in [1.807, 2.05) is 36.0 Å². The summed E-state index contributed by atoms with van der Waals surface area (Å²) in [5.74, 6) is 2.24. The maximum atomic E-state index is 12.4. The first-order valence-corrected chi connectivity index (χ1v) is 11.7. The van der Waals surface area contributed by atoms with Crippen molar-refractivity contribution in [3.05, 3.63) is 53.4 Å². The minimum atomic E-state index is -0.0146.